The van der Waals surface area contributed by atoms with Crippen LogP contribution < -0.4 is 19.5 Å². The van der Waals surface area contributed by atoms with Gasteiger partial charge in [0.2, 0.25) is 11.9 Å². The number of rotatable bonds is 6. The van der Waals surface area contributed by atoms with Gasteiger partial charge in [-0.25, -0.2) is 4.98 Å². The molecule has 1 N–H and O–H groups in total. The van der Waals surface area contributed by atoms with Gasteiger partial charge in [-0.3, -0.25) is 4.79 Å². The van der Waals surface area contributed by atoms with E-state index in [0.29, 0.717) is 34.6 Å². The SMILES string of the molecule is CCOc1ccc(-c2csc(-n3nc(C)cc3NC(=O)c3ccc4c(c3)OCO4)n2)cc1. The van der Waals surface area contributed by atoms with E-state index in [2.05, 4.69) is 10.4 Å². The third-order valence-electron chi connectivity index (χ3n) is 4.84. The fourth-order valence-corrected chi connectivity index (χ4v) is 4.14. The van der Waals surface area contributed by atoms with Crippen molar-refractivity contribution in [3.63, 3.8) is 0 Å². The number of aryl methyl sites for hydroxylation is 1. The summed E-state index contributed by atoms with van der Waals surface area (Å²) in [5.41, 5.74) is 3.04. The number of thiazole rings is 1. The summed E-state index contributed by atoms with van der Waals surface area (Å²) in [6.45, 7) is 4.61. The van der Waals surface area contributed by atoms with Crippen LogP contribution in [0.1, 0.15) is 23.0 Å². The molecule has 32 heavy (non-hydrogen) atoms. The van der Waals surface area contributed by atoms with E-state index in [9.17, 15) is 4.79 Å². The minimum absolute atomic E-state index is 0.160. The standard InChI is InChI=1S/C23H20N4O4S/c1-3-29-17-7-4-15(5-8-17)18-12-32-23(24-18)27-21(10-14(2)26-27)25-22(28)16-6-9-19-20(11-16)31-13-30-19/h4-12H,3,13H2,1-2H3,(H,25,28). The van der Waals surface area contributed by atoms with Gasteiger partial charge in [0.1, 0.15) is 11.6 Å². The van der Waals surface area contributed by atoms with Gasteiger partial charge in [0.15, 0.2) is 11.5 Å². The van der Waals surface area contributed by atoms with E-state index in [1.54, 1.807) is 22.9 Å². The molecule has 1 aliphatic rings. The van der Waals surface area contributed by atoms with Crippen LogP contribution in [-0.4, -0.2) is 34.1 Å². The molecule has 0 saturated carbocycles. The van der Waals surface area contributed by atoms with Gasteiger partial charge >= 0.3 is 0 Å². The molecule has 0 bridgehead atoms. The predicted molar refractivity (Wildman–Crippen MR) is 121 cm³/mol. The van der Waals surface area contributed by atoms with E-state index in [1.807, 2.05) is 49.6 Å². The summed E-state index contributed by atoms with van der Waals surface area (Å²) in [5, 5.41) is 10.1. The molecule has 0 aliphatic carbocycles. The normalized spacial score (nSPS) is 12.1. The number of benzene rings is 2. The Morgan fingerprint density at radius 2 is 1.97 bits per heavy atom. The average Bonchev–Trinajstić information content (AvgIpc) is 3.53. The molecular formula is C23H20N4O4S. The molecule has 1 aliphatic heterocycles. The average molecular weight is 449 g/mol. The number of nitrogens with zero attached hydrogens (tertiary/aromatic N) is 3. The second kappa shape index (κ2) is 8.35. The summed E-state index contributed by atoms with van der Waals surface area (Å²) in [7, 11) is 0. The first-order valence-electron chi connectivity index (χ1n) is 10.1. The molecule has 0 atom stereocenters. The number of fused-ring (bicyclic) bond motifs is 1. The van der Waals surface area contributed by atoms with E-state index in [1.165, 1.54) is 11.3 Å². The highest BCUT2D eigenvalue weighted by Crippen LogP contribution is 2.33. The number of nitrogens with one attached hydrogen (secondary N) is 1. The highest BCUT2D eigenvalue weighted by atomic mass is 32.1. The molecule has 9 heteroatoms. The molecule has 0 spiro atoms. The lowest BCUT2D eigenvalue weighted by molar-refractivity contribution is 0.102. The molecule has 5 rings (SSSR count). The topological polar surface area (TPSA) is 87.5 Å². The zero-order valence-corrected chi connectivity index (χ0v) is 18.3. The van der Waals surface area contributed by atoms with Crippen molar-refractivity contribution in [3.8, 4) is 33.6 Å². The van der Waals surface area contributed by atoms with Gasteiger partial charge in [-0.05, 0) is 56.3 Å². The van der Waals surface area contributed by atoms with Gasteiger partial charge in [-0.1, -0.05) is 0 Å². The van der Waals surface area contributed by atoms with Crippen LogP contribution in [0.2, 0.25) is 0 Å². The van der Waals surface area contributed by atoms with E-state index < -0.39 is 0 Å². The minimum Gasteiger partial charge on any atom is -0.494 e. The number of ether oxygens (including phenoxy) is 3. The fraction of sp³-hybridized carbons (Fsp3) is 0.174. The van der Waals surface area contributed by atoms with Crippen molar-refractivity contribution in [1.29, 1.82) is 0 Å². The third kappa shape index (κ3) is 3.90. The first kappa shape index (κ1) is 20.1. The Morgan fingerprint density at radius 3 is 2.78 bits per heavy atom. The number of hydrogen-bond acceptors (Lipinski definition) is 7. The number of carbonyl (C=O) groups is 1. The molecule has 0 unspecified atom stereocenters. The summed E-state index contributed by atoms with van der Waals surface area (Å²) < 4.78 is 17.8. The molecule has 162 valence electrons. The molecular weight excluding hydrogens is 428 g/mol. The first-order chi connectivity index (χ1) is 15.6. The molecule has 4 aromatic rings. The predicted octanol–water partition coefficient (Wildman–Crippen LogP) is 4.68. The molecule has 2 aromatic carbocycles. The van der Waals surface area contributed by atoms with E-state index in [0.717, 1.165) is 22.7 Å². The number of anilines is 1. The van der Waals surface area contributed by atoms with Crippen molar-refractivity contribution < 1.29 is 19.0 Å². The Balaban J connectivity index is 1.38. The lowest BCUT2D eigenvalue weighted by Gasteiger charge is -2.07. The second-order valence-electron chi connectivity index (χ2n) is 7.08. The maximum Gasteiger partial charge on any atom is 0.256 e. The maximum atomic E-state index is 12.8. The van der Waals surface area contributed by atoms with Gasteiger partial charge < -0.3 is 19.5 Å². The maximum absolute atomic E-state index is 12.8. The van der Waals surface area contributed by atoms with Gasteiger partial charge in [0.25, 0.3) is 5.91 Å². The second-order valence-corrected chi connectivity index (χ2v) is 7.91. The highest BCUT2D eigenvalue weighted by molar-refractivity contribution is 7.12. The number of hydrogen-bond donors (Lipinski definition) is 1. The fourth-order valence-electron chi connectivity index (χ4n) is 3.34. The summed E-state index contributed by atoms with van der Waals surface area (Å²) >= 11 is 1.45. The van der Waals surface area contributed by atoms with Crippen LogP contribution in [0.25, 0.3) is 16.4 Å². The van der Waals surface area contributed by atoms with Crippen LogP contribution in [0, 0.1) is 6.92 Å². The lowest BCUT2D eigenvalue weighted by atomic mass is 10.2. The summed E-state index contributed by atoms with van der Waals surface area (Å²) in [4.78, 5) is 17.6. The van der Waals surface area contributed by atoms with Crippen LogP contribution in [0.3, 0.4) is 0 Å². The lowest BCUT2D eigenvalue weighted by Crippen LogP contribution is -2.15. The van der Waals surface area contributed by atoms with Gasteiger partial charge in [0.05, 0.1) is 18.0 Å². The molecule has 1 amide bonds. The Kier molecular flexibility index (Phi) is 5.24. The van der Waals surface area contributed by atoms with E-state index in [-0.39, 0.29) is 12.7 Å². The van der Waals surface area contributed by atoms with Crippen LogP contribution >= 0.6 is 11.3 Å². The number of carbonyl (C=O) groups excluding carboxylic acids is 1. The van der Waals surface area contributed by atoms with Gasteiger partial charge in [0, 0.05) is 22.6 Å². The molecule has 2 aromatic heterocycles. The van der Waals surface area contributed by atoms with Crippen molar-refractivity contribution in [2.24, 2.45) is 0 Å². The van der Waals surface area contributed by atoms with Crippen LogP contribution in [-0.2, 0) is 0 Å². The molecule has 3 heterocycles. The smallest absolute Gasteiger partial charge is 0.256 e. The first-order valence-corrected chi connectivity index (χ1v) is 11.0. The number of aromatic nitrogens is 3. The van der Waals surface area contributed by atoms with Crippen molar-refractivity contribution in [2.45, 2.75) is 13.8 Å². The molecule has 0 fully saturated rings. The zero-order chi connectivity index (χ0) is 22.1. The Labute approximate surface area is 188 Å². The molecule has 0 saturated heterocycles. The summed E-state index contributed by atoms with van der Waals surface area (Å²) in [6.07, 6.45) is 0. The highest BCUT2D eigenvalue weighted by Gasteiger charge is 2.19. The largest absolute Gasteiger partial charge is 0.494 e. The summed E-state index contributed by atoms with van der Waals surface area (Å²) in [5.74, 6) is 2.28. The van der Waals surface area contributed by atoms with Crippen LogP contribution in [0.4, 0.5) is 5.82 Å². The van der Waals surface area contributed by atoms with Crippen molar-refractivity contribution in [1.82, 2.24) is 14.8 Å². The van der Waals surface area contributed by atoms with Crippen LogP contribution in [0.5, 0.6) is 17.2 Å². The Hall–Kier alpha value is -3.85. The van der Waals surface area contributed by atoms with Crippen molar-refractivity contribution in [2.75, 3.05) is 18.7 Å². The van der Waals surface area contributed by atoms with Gasteiger partial charge in [-0.15, -0.1) is 11.3 Å². The minimum atomic E-state index is -0.271. The summed E-state index contributed by atoms with van der Waals surface area (Å²) in [6, 6.07) is 14.7. The van der Waals surface area contributed by atoms with Crippen LogP contribution in [0.15, 0.2) is 53.9 Å². The Morgan fingerprint density at radius 1 is 1.16 bits per heavy atom. The number of amides is 1. The molecule has 0 radical (unpaired) electrons. The van der Waals surface area contributed by atoms with E-state index >= 15 is 0 Å². The van der Waals surface area contributed by atoms with Crippen molar-refractivity contribution >= 4 is 23.1 Å². The zero-order valence-electron chi connectivity index (χ0n) is 17.5. The Bertz CT molecular complexity index is 1280. The van der Waals surface area contributed by atoms with E-state index in [4.69, 9.17) is 19.2 Å². The van der Waals surface area contributed by atoms with Crippen molar-refractivity contribution in [3.05, 3.63) is 65.2 Å². The quantitative estimate of drug-likeness (QED) is 0.461. The monoisotopic (exact) mass is 448 g/mol. The third-order valence-corrected chi connectivity index (χ3v) is 5.66. The molecule has 8 nitrogen and oxygen atoms in total. The van der Waals surface area contributed by atoms with Gasteiger partial charge in [-0.2, -0.15) is 9.78 Å².